The van der Waals surface area contributed by atoms with Crippen LogP contribution in [0.15, 0.2) is 0 Å². The topological polar surface area (TPSA) is 66.0 Å². The molecule has 0 radical (unpaired) electrons. The largest absolute Gasteiger partial charge is 0.378 e. The molecule has 2 aliphatic heterocycles. The Balaban J connectivity index is 1.89. The van der Waals surface area contributed by atoms with E-state index < -0.39 is 0 Å². The van der Waals surface area contributed by atoms with Crippen LogP contribution < -0.4 is 5.73 Å². The van der Waals surface area contributed by atoms with Gasteiger partial charge in [0.1, 0.15) is 11.6 Å². The first-order valence-electron chi connectivity index (χ1n) is 6.53. The number of rotatable bonds is 2. The number of aromatic nitrogens is 3. The number of nitrogens with two attached hydrogens (primary N) is 1. The van der Waals surface area contributed by atoms with Crippen molar-refractivity contribution >= 4 is 0 Å². The van der Waals surface area contributed by atoms with Gasteiger partial charge in [-0.15, -0.1) is 10.2 Å². The Morgan fingerprint density at radius 1 is 1.41 bits per heavy atom. The summed E-state index contributed by atoms with van der Waals surface area (Å²) in [5.41, 5.74) is 5.78. The average Bonchev–Trinajstić information content (AvgIpc) is 2.94. The molecule has 5 nitrogen and oxygen atoms in total. The van der Waals surface area contributed by atoms with Crippen LogP contribution in [0, 0.1) is 5.92 Å². The van der Waals surface area contributed by atoms with Crippen LogP contribution in [0.4, 0.5) is 0 Å². The molecule has 17 heavy (non-hydrogen) atoms. The van der Waals surface area contributed by atoms with Crippen molar-refractivity contribution in [2.75, 3.05) is 13.2 Å². The van der Waals surface area contributed by atoms with Gasteiger partial charge in [0.05, 0.1) is 6.10 Å². The van der Waals surface area contributed by atoms with E-state index in [0.717, 1.165) is 50.6 Å². The molecule has 1 aromatic rings. The summed E-state index contributed by atoms with van der Waals surface area (Å²) in [6, 6.07) is 0. The molecule has 2 aliphatic rings. The van der Waals surface area contributed by atoms with Gasteiger partial charge < -0.3 is 15.0 Å². The fraction of sp³-hybridized carbons (Fsp3) is 0.833. The van der Waals surface area contributed by atoms with Crippen LogP contribution in [0.25, 0.3) is 0 Å². The molecule has 0 saturated carbocycles. The lowest BCUT2D eigenvalue weighted by atomic mass is 9.97. The molecule has 5 heteroatoms. The number of ether oxygens (including phenoxy) is 1. The Hall–Kier alpha value is -0.940. The first-order chi connectivity index (χ1) is 8.29. The third-order valence-corrected chi connectivity index (χ3v) is 4.11. The molecule has 3 rings (SSSR count). The molecule has 3 atom stereocenters. The molecule has 0 amide bonds. The summed E-state index contributed by atoms with van der Waals surface area (Å²) in [5, 5.41) is 8.71. The summed E-state index contributed by atoms with van der Waals surface area (Å²) in [4.78, 5) is 0. The number of nitrogens with zero attached hydrogens (tertiary/aromatic N) is 3. The summed E-state index contributed by atoms with van der Waals surface area (Å²) in [7, 11) is 0. The van der Waals surface area contributed by atoms with E-state index in [1.165, 1.54) is 0 Å². The highest BCUT2D eigenvalue weighted by molar-refractivity contribution is 5.08. The third-order valence-electron chi connectivity index (χ3n) is 4.11. The molecule has 0 aliphatic carbocycles. The summed E-state index contributed by atoms with van der Waals surface area (Å²) in [5.74, 6) is 3.23. The van der Waals surface area contributed by atoms with Crippen molar-refractivity contribution in [1.82, 2.24) is 14.8 Å². The Morgan fingerprint density at radius 2 is 2.29 bits per heavy atom. The zero-order valence-electron chi connectivity index (χ0n) is 10.3. The van der Waals surface area contributed by atoms with Gasteiger partial charge >= 0.3 is 0 Å². The summed E-state index contributed by atoms with van der Waals surface area (Å²) >= 11 is 0. The van der Waals surface area contributed by atoms with Gasteiger partial charge in [-0.2, -0.15) is 0 Å². The van der Waals surface area contributed by atoms with E-state index in [1.807, 2.05) is 0 Å². The molecule has 1 saturated heterocycles. The van der Waals surface area contributed by atoms with Crippen molar-refractivity contribution in [3.8, 4) is 0 Å². The first kappa shape index (κ1) is 11.2. The van der Waals surface area contributed by atoms with Gasteiger partial charge in [-0.1, -0.05) is 0 Å². The monoisotopic (exact) mass is 236 g/mol. The van der Waals surface area contributed by atoms with Crippen molar-refractivity contribution in [1.29, 1.82) is 0 Å². The van der Waals surface area contributed by atoms with E-state index >= 15 is 0 Å². The van der Waals surface area contributed by atoms with E-state index in [-0.39, 0.29) is 6.10 Å². The van der Waals surface area contributed by atoms with Crippen LogP contribution in [-0.2, 0) is 17.7 Å². The lowest BCUT2D eigenvalue weighted by Gasteiger charge is -2.24. The van der Waals surface area contributed by atoms with Gasteiger partial charge in [-0.05, 0) is 32.2 Å². The Kier molecular flexibility index (Phi) is 2.88. The molecule has 0 bridgehead atoms. The van der Waals surface area contributed by atoms with Gasteiger partial charge in [0.15, 0.2) is 0 Å². The molecule has 2 N–H and O–H groups in total. The minimum absolute atomic E-state index is 0.265. The van der Waals surface area contributed by atoms with Gasteiger partial charge in [0, 0.05) is 25.5 Å². The van der Waals surface area contributed by atoms with E-state index in [4.69, 9.17) is 10.5 Å². The smallest absolute Gasteiger partial charge is 0.138 e. The molecule has 0 spiro atoms. The predicted molar refractivity (Wildman–Crippen MR) is 63.7 cm³/mol. The quantitative estimate of drug-likeness (QED) is 0.820. The highest BCUT2D eigenvalue weighted by Gasteiger charge is 2.32. The molecule has 3 unspecified atom stereocenters. The van der Waals surface area contributed by atoms with Gasteiger partial charge in [-0.3, -0.25) is 0 Å². The second-order valence-corrected chi connectivity index (χ2v) is 5.20. The molecular weight excluding hydrogens is 216 g/mol. The zero-order valence-corrected chi connectivity index (χ0v) is 10.3. The number of fused-ring (bicyclic) bond motifs is 1. The fourth-order valence-corrected chi connectivity index (χ4v) is 2.95. The normalized spacial score (nSPS) is 32.7. The van der Waals surface area contributed by atoms with Crippen LogP contribution >= 0.6 is 0 Å². The van der Waals surface area contributed by atoms with Crippen LogP contribution in [0.5, 0.6) is 0 Å². The maximum absolute atomic E-state index is 5.78. The molecule has 0 aromatic carbocycles. The average molecular weight is 236 g/mol. The van der Waals surface area contributed by atoms with Crippen molar-refractivity contribution in [2.45, 2.75) is 44.8 Å². The van der Waals surface area contributed by atoms with E-state index in [2.05, 4.69) is 21.7 Å². The Bertz CT molecular complexity index is 403. The van der Waals surface area contributed by atoms with Gasteiger partial charge in [0.2, 0.25) is 0 Å². The number of hydrogen-bond donors (Lipinski definition) is 1. The van der Waals surface area contributed by atoms with Crippen LogP contribution in [-0.4, -0.2) is 34.0 Å². The first-order valence-corrected chi connectivity index (χ1v) is 6.53. The molecule has 94 valence electrons. The van der Waals surface area contributed by atoms with Crippen LogP contribution in [0.1, 0.15) is 37.3 Å². The Morgan fingerprint density at radius 3 is 3.00 bits per heavy atom. The minimum Gasteiger partial charge on any atom is -0.378 e. The van der Waals surface area contributed by atoms with E-state index in [1.54, 1.807) is 0 Å². The van der Waals surface area contributed by atoms with Crippen molar-refractivity contribution in [3.05, 3.63) is 11.6 Å². The van der Waals surface area contributed by atoms with Gasteiger partial charge in [-0.25, -0.2) is 0 Å². The lowest BCUT2D eigenvalue weighted by molar-refractivity contribution is 0.116. The zero-order chi connectivity index (χ0) is 11.8. The SMILES string of the molecule is CC1OCCC1c1nnc2n1CC(CN)CC2. The van der Waals surface area contributed by atoms with Gasteiger partial charge in [0.25, 0.3) is 0 Å². The highest BCUT2D eigenvalue weighted by atomic mass is 16.5. The second kappa shape index (κ2) is 4.38. The second-order valence-electron chi connectivity index (χ2n) is 5.20. The maximum atomic E-state index is 5.78. The maximum Gasteiger partial charge on any atom is 0.138 e. The molecule has 1 fully saturated rings. The van der Waals surface area contributed by atoms with Crippen LogP contribution in [0.3, 0.4) is 0 Å². The molecular formula is C12H20N4O. The van der Waals surface area contributed by atoms with Crippen molar-refractivity contribution < 1.29 is 4.74 Å². The fourth-order valence-electron chi connectivity index (χ4n) is 2.95. The van der Waals surface area contributed by atoms with E-state index in [9.17, 15) is 0 Å². The van der Waals surface area contributed by atoms with Crippen LogP contribution in [0.2, 0.25) is 0 Å². The molecule has 3 heterocycles. The van der Waals surface area contributed by atoms with Crippen molar-refractivity contribution in [3.63, 3.8) is 0 Å². The summed E-state index contributed by atoms with van der Waals surface area (Å²) < 4.78 is 7.92. The minimum atomic E-state index is 0.265. The molecule has 1 aromatic heterocycles. The summed E-state index contributed by atoms with van der Waals surface area (Å²) in [6.07, 6.45) is 3.48. The number of aryl methyl sites for hydroxylation is 1. The highest BCUT2D eigenvalue weighted by Crippen LogP contribution is 2.32. The standard InChI is InChI=1S/C12H20N4O/c1-8-10(4-5-17-8)12-15-14-11-3-2-9(6-13)7-16(11)12/h8-10H,2-7,13H2,1H3. The Labute approximate surface area is 101 Å². The lowest BCUT2D eigenvalue weighted by Crippen LogP contribution is -2.28. The van der Waals surface area contributed by atoms with E-state index in [0.29, 0.717) is 11.8 Å². The third kappa shape index (κ3) is 1.87. The predicted octanol–water partition coefficient (Wildman–Crippen LogP) is 0.692. The summed E-state index contributed by atoms with van der Waals surface area (Å²) in [6.45, 7) is 4.71. The van der Waals surface area contributed by atoms with Crippen molar-refractivity contribution in [2.24, 2.45) is 11.7 Å². The number of hydrogen-bond acceptors (Lipinski definition) is 4.